The number of nitrogens with zero attached hydrogens (tertiary/aromatic N) is 2. The molecule has 0 bridgehead atoms. The summed E-state index contributed by atoms with van der Waals surface area (Å²) in [6, 6.07) is 9.90. The minimum atomic E-state index is -4.59. The number of alkyl halides is 3. The van der Waals surface area contributed by atoms with Gasteiger partial charge in [0.05, 0.1) is 10.5 Å². The predicted octanol–water partition coefficient (Wildman–Crippen LogP) is 3.82. The first-order valence-electron chi connectivity index (χ1n) is 10.5. The molecule has 0 saturated carbocycles. The summed E-state index contributed by atoms with van der Waals surface area (Å²) in [6.07, 6.45) is -1.24. The molecule has 2 saturated heterocycles. The Labute approximate surface area is 185 Å². The molecule has 6 nitrogen and oxygen atoms in total. The summed E-state index contributed by atoms with van der Waals surface area (Å²) < 4.78 is 66.5. The number of rotatable bonds is 4. The number of nitrogens with one attached hydrogen (secondary N) is 1. The quantitative estimate of drug-likeness (QED) is 0.743. The van der Waals surface area contributed by atoms with Crippen LogP contribution in [0.5, 0.6) is 0 Å². The van der Waals surface area contributed by atoms with Crippen molar-refractivity contribution in [2.24, 2.45) is 0 Å². The molecule has 0 aliphatic carbocycles. The minimum Gasteiger partial charge on any atom is -0.336 e. The predicted molar refractivity (Wildman–Crippen MR) is 114 cm³/mol. The van der Waals surface area contributed by atoms with Crippen molar-refractivity contribution in [3.63, 3.8) is 0 Å². The van der Waals surface area contributed by atoms with Crippen LogP contribution in [-0.2, 0) is 16.2 Å². The van der Waals surface area contributed by atoms with Gasteiger partial charge >= 0.3 is 6.18 Å². The maximum absolute atomic E-state index is 13.0. The van der Waals surface area contributed by atoms with Gasteiger partial charge in [0.25, 0.3) is 15.9 Å². The molecule has 0 spiro atoms. The van der Waals surface area contributed by atoms with Crippen molar-refractivity contribution >= 4 is 21.6 Å². The third-order valence-corrected chi connectivity index (χ3v) is 7.34. The number of piperazine rings is 1. The van der Waals surface area contributed by atoms with Gasteiger partial charge in [-0.3, -0.25) is 14.4 Å². The van der Waals surface area contributed by atoms with E-state index in [0.717, 1.165) is 44.1 Å². The number of carbonyl (C=O) groups excluding carboxylic acids is 1. The van der Waals surface area contributed by atoms with E-state index in [4.69, 9.17) is 0 Å². The second-order valence-corrected chi connectivity index (χ2v) is 9.83. The zero-order valence-electron chi connectivity index (χ0n) is 17.3. The molecule has 1 unspecified atom stereocenters. The molecule has 10 heteroatoms. The minimum absolute atomic E-state index is 0.183. The third-order valence-electron chi connectivity index (χ3n) is 5.96. The Bertz CT molecular complexity index is 1100. The molecule has 2 fully saturated rings. The number of piperidine rings is 1. The van der Waals surface area contributed by atoms with Crippen LogP contribution >= 0.6 is 0 Å². The van der Waals surface area contributed by atoms with E-state index in [1.807, 2.05) is 0 Å². The van der Waals surface area contributed by atoms with Crippen molar-refractivity contribution in [2.75, 3.05) is 30.9 Å². The molecule has 2 aromatic carbocycles. The smallest absolute Gasteiger partial charge is 0.336 e. The Balaban J connectivity index is 1.51. The molecule has 0 radical (unpaired) electrons. The Morgan fingerprint density at radius 3 is 2.56 bits per heavy atom. The van der Waals surface area contributed by atoms with E-state index >= 15 is 0 Å². The highest BCUT2D eigenvalue weighted by Crippen LogP contribution is 2.31. The average molecular weight is 468 g/mol. The summed E-state index contributed by atoms with van der Waals surface area (Å²) in [5, 5.41) is 0. The molecule has 2 heterocycles. The van der Waals surface area contributed by atoms with Crippen LogP contribution in [0.15, 0.2) is 53.4 Å². The van der Waals surface area contributed by atoms with E-state index in [9.17, 15) is 26.4 Å². The Hall–Kier alpha value is -2.59. The van der Waals surface area contributed by atoms with Gasteiger partial charge in [-0.15, -0.1) is 0 Å². The second kappa shape index (κ2) is 8.74. The topological polar surface area (TPSA) is 69.7 Å². The van der Waals surface area contributed by atoms with Crippen LogP contribution in [0, 0.1) is 0 Å². The lowest BCUT2D eigenvalue weighted by Crippen LogP contribution is -2.56. The maximum Gasteiger partial charge on any atom is 0.416 e. The van der Waals surface area contributed by atoms with Crippen LogP contribution in [0.25, 0.3) is 0 Å². The highest BCUT2D eigenvalue weighted by Gasteiger charge is 2.32. The lowest BCUT2D eigenvalue weighted by molar-refractivity contribution is -0.137. The number of hydrogen-bond donors (Lipinski definition) is 1. The highest BCUT2D eigenvalue weighted by molar-refractivity contribution is 7.92. The summed E-state index contributed by atoms with van der Waals surface area (Å²) in [4.78, 5) is 17.0. The number of anilines is 1. The van der Waals surface area contributed by atoms with Crippen molar-refractivity contribution in [3.05, 3.63) is 59.7 Å². The van der Waals surface area contributed by atoms with Crippen LogP contribution < -0.4 is 4.72 Å². The summed E-state index contributed by atoms with van der Waals surface area (Å²) in [5.74, 6) is -0.244. The molecule has 2 aliphatic rings. The zero-order valence-corrected chi connectivity index (χ0v) is 18.1. The Kier molecular flexibility index (Phi) is 6.17. The largest absolute Gasteiger partial charge is 0.416 e. The highest BCUT2D eigenvalue weighted by atomic mass is 32.2. The number of fused-ring (bicyclic) bond motifs is 1. The first-order valence-corrected chi connectivity index (χ1v) is 12.0. The fraction of sp³-hybridized carbons (Fsp3) is 0.409. The van der Waals surface area contributed by atoms with Crippen LogP contribution in [0.1, 0.15) is 35.2 Å². The molecule has 1 N–H and O–H groups in total. The first-order chi connectivity index (χ1) is 15.1. The lowest BCUT2D eigenvalue weighted by Gasteiger charge is -2.44. The number of benzene rings is 2. The van der Waals surface area contributed by atoms with E-state index in [2.05, 4.69) is 9.62 Å². The van der Waals surface area contributed by atoms with Crippen molar-refractivity contribution in [1.82, 2.24) is 9.80 Å². The van der Waals surface area contributed by atoms with Crippen LogP contribution in [0.3, 0.4) is 0 Å². The van der Waals surface area contributed by atoms with Crippen molar-refractivity contribution in [2.45, 2.75) is 36.4 Å². The van der Waals surface area contributed by atoms with E-state index in [1.54, 1.807) is 11.0 Å². The Morgan fingerprint density at radius 2 is 1.78 bits per heavy atom. The normalized spacial score (nSPS) is 20.0. The van der Waals surface area contributed by atoms with Gasteiger partial charge in [-0.05, 0) is 55.8 Å². The molecule has 32 heavy (non-hydrogen) atoms. The van der Waals surface area contributed by atoms with Gasteiger partial charge in [0, 0.05) is 36.9 Å². The van der Waals surface area contributed by atoms with Gasteiger partial charge in [-0.1, -0.05) is 18.6 Å². The average Bonchev–Trinajstić information content (AvgIpc) is 2.77. The van der Waals surface area contributed by atoms with Gasteiger partial charge in [0.1, 0.15) is 0 Å². The molecular weight excluding hydrogens is 443 g/mol. The van der Waals surface area contributed by atoms with Gasteiger partial charge in [-0.25, -0.2) is 8.42 Å². The first kappa shape index (κ1) is 22.6. The third kappa shape index (κ3) is 4.91. The fourth-order valence-electron chi connectivity index (χ4n) is 4.29. The zero-order chi connectivity index (χ0) is 22.9. The van der Waals surface area contributed by atoms with Gasteiger partial charge in [0.2, 0.25) is 0 Å². The standard InChI is InChI=1S/C22H24F3N3O3S/c23-22(24,25)17-6-4-7-18(14-17)26-32(30,31)20-9-3-5-16(13-20)21(29)28-12-11-27-10-2-1-8-19(27)15-28/h3-7,9,13-14,19,26H,1-2,8,10-12,15H2. The van der Waals surface area contributed by atoms with E-state index in [-0.39, 0.29) is 22.1 Å². The molecule has 1 atom stereocenters. The molecule has 0 aromatic heterocycles. The monoisotopic (exact) mass is 467 g/mol. The number of amides is 1. The van der Waals surface area contributed by atoms with Crippen molar-refractivity contribution < 1.29 is 26.4 Å². The van der Waals surface area contributed by atoms with Gasteiger partial charge in [-0.2, -0.15) is 13.2 Å². The number of halogens is 3. The van der Waals surface area contributed by atoms with E-state index in [0.29, 0.717) is 19.1 Å². The van der Waals surface area contributed by atoms with Crippen LogP contribution in [-0.4, -0.2) is 56.3 Å². The summed E-state index contributed by atoms with van der Waals surface area (Å²) in [5.41, 5.74) is -0.922. The lowest BCUT2D eigenvalue weighted by atomic mass is 9.99. The number of sulfonamides is 1. The second-order valence-electron chi connectivity index (χ2n) is 8.15. The molecule has 2 aliphatic heterocycles. The van der Waals surface area contributed by atoms with Gasteiger partial charge in [0.15, 0.2) is 0 Å². The molecule has 172 valence electrons. The fourth-order valence-corrected chi connectivity index (χ4v) is 5.39. The van der Waals surface area contributed by atoms with Crippen LogP contribution in [0.4, 0.5) is 18.9 Å². The maximum atomic E-state index is 13.0. The molecule has 2 aromatic rings. The van der Waals surface area contributed by atoms with E-state index in [1.165, 1.54) is 30.7 Å². The van der Waals surface area contributed by atoms with Crippen molar-refractivity contribution in [3.8, 4) is 0 Å². The Morgan fingerprint density at radius 1 is 1.00 bits per heavy atom. The summed E-state index contributed by atoms with van der Waals surface area (Å²) in [6.45, 7) is 3.03. The summed E-state index contributed by atoms with van der Waals surface area (Å²) in [7, 11) is -4.18. The van der Waals surface area contributed by atoms with Crippen LogP contribution in [0.2, 0.25) is 0 Å². The SMILES string of the molecule is O=C(c1cccc(S(=O)(=O)Nc2cccc(C(F)(F)F)c2)c1)N1CCN2CCCCC2C1. The van der Waals surface area contributed by atoms with Gasteiger partial charge < -0.3 is 4.90 Å². The molecule has 1 amide bonds. The van der Waals surface area contributed by atoms with Crippen molar-refractivity contribution in [1.29, 1.82) is 0 Å². The summed E-state index contributed by atoms with van der Waals surface area (Å²) >= 11 is 0. The molecule has 4 rings (SSSR count). The molecular formula is C22H24F3N3O3S. The number of hydrogen-bond acceptors (Lipinski definition) is 4. The van der Waals surface area contributed by atoms with E-state index < -0.39 is 21.8 Å². The number of carbonyl (C=O) groups is 1.